The molecule has 0 saturated carbocycles. The molecule has 0 unspecified atom stereocenters. The van der Waals surface area contributed by atoms with E-state index in [0.29, 0.717) is 11.6 Å². The molecule has 1 aliphatic rings. The molecule has 1 aliphatic heterocycles. The second-order valence-corrected chi connectivity index (χ2v) is 6.33. The van der Waals surface area contributed by atoms with E-state index in [1.165, 1.54) is 6.08 Å². The van der Waals surface area contributed by atoms with Crippen molar-refractivity contribution in [3.63, 3.8) is 0 Å². The highest BCUT2D eigenvalue weighted by Crippen LogP contribution is 2.32. The van der Waals surface area contributed by atoms with Gasteiger partial charge in [-0.15, -0.1) is 0 Å². The number of amides is 2. The van der Waals surface area contributed by atoms with E-state index in [9.17, 15) is 9.59 Å². The highest BCUT2D eigenvalue weighted by atomic mass is 35.5. The molecule has 1 aromatic carbocycles. The Morgan fingerprint density at radius 1 is 1.44 bits per heavy atom. The molecule has 1 aromatic heterocycles. The normalized spacial score (nSPS) is 12.8. The fourth-order valence-corrected chi connectivity index (χ4v) is 3.28. The van der Waals surface area contributed by atoms with Crippen molar-refractivity contribution in [1.82, 2.24) is 9.78 Å². The second-order valence-electron chi connectivity index (χ2n) is 5.92. The smallest absolute Gasteiger partial charge is 0.250 e. The number of hydrogen-bond acceptors (Lipinski definition) is 3. The molecule has 0 bridgehead atoms. The number of carbonyl (C=O) groups is 2. The topological polar surface area (TPSA) is 58.4 Å². The first kappa shape index (κ1) is 17.2. The number of nitrogens with zero attached hydrogens (tertiary/aromatic N) is 4. The molecule has 25 heavy (non-hydrogen) atoms. The van der Waals surface area contributed by atoms with E-state index in [1.807, 2.05) is 18.2 Å². The van der Waals surface area contributed by atoms with Crippen LogP contribution in [0.2, 0.25) is 5.02 Å². The molecule has 2 amide bonds. The molecule has 6 nitrogen and oxygen atoms in total. The average molecular weight is 359 g/mol. The van der Waals surface area contributed by atoms with Gasteiger partial charge in [0.1, 0.15) is 0 Å². The van der Waals surface area contributed by atoms with Gasteiger partial charge in [-0.25, -0.2) is 0 Å². The number of carbonyl (C=O) groups excluding carboxylic acids is 2. The number of halogens is 1. The Hall–Kier alpha value is -2.60. The van der Waals surface area contributed by atoms with E-state index >= 15 is 0 Å². The van der Waals surface area contributed by atoms with Crippen molar-refractivity contribution in [2.24, 2.45) is 7.05 Å². The maximum absolute atomic E-state index is 12.4. The van der Waals surface area contributed by atoms with Crippen molar-refractivity contribution in [3.8, 4) is 0 Å². The lowest BCUT2D eigenvalue weighted by atomic mass is 10.1. The molecule has 0 spiro atoms. The Morgan fingerprint density at radius 2 is 2.20 bits per heavy atom. The summed E-state index contributed by atoms with van der Waals surface area (Å²) in [4.78, 5) is 27.4. The van der Waals surface area contributed by atoms with Gasteiger partial charge in [0.05, 0.1) is 23.5 Å². The van der Waals surface area contributed by atoms with E-state index in [-0.39, 0.29) is 18.4 Å². The first-order chi connectivity index (χ1) is 11.9. The van der Waals surface area contributed by atoms with Gasteiger partial charge < -0.3 is 9.80 Å². The molecule has 0 aliphatic carbocycles. The summed E-state index contributed by atoms with van der Waals surface area (Å²) in [5.74, 6) is -0.203. The maximum Gasteiger partial charge on any atom is 0.250 e. The molecule has 7 heteroatoms. The highest BCUT2D eigenvalue weighted by molar-refractivity contribution is 6.31. The number of rotatable bonds is 4. The zero-order valence-electron chi connectivity index (χ0n) is 14.2. The van der Waals surface area contributed by atoms with Crippen LogP contribution < -0.4 is 9.80 Å². The zero-order chi connectivity index (χ0) is 18.1. The minimum absolute atomic E-state index is 0.0205. The van der Waals surface area contributed by atoms with Gasteiger partial charge in [0.25, 0.3) is 5.91 Å². The molecule has 0 fully saturated rings. The first-order valence-corrected chi connectivity index (χ1v) is 8.31. The third-order valence-electron chi connectivity index (χ3n) is 4.41. The van der Waals surface area contributed by atoms with E-state index in [2.05, 4.69) is 11.7 Å². The third-order valence-corrected chi connectivity index (χ3v) is 4.73. The monoisotopic (exact) mass is 358 g/mol. The third kappa shape index (κ3) is 3.17. The molecule has 130 valence electrons. The molecule has 3 rings (SSSR count). The van der Waals surface area contributed by atoms with Crippen LogP contribution in [0.1, 0.15) is 18.2 Å². The minimum atomic E-state index is -0.223. The minimum Gasteiger partial charge on any atom is -0.312 e. The van der Waals surface area contributed by atoms with Crippen LogP contribution in [0.15, 0.2) is 37.1 Å². The van der Waals surface area contributed by atoms with Gasteiger partial charge in [-0.05, 0) is 36.3 Å². The summed E-state index contributed by atoms with van der Waals surface area (Å²) >= 11 is 6.18. The van der Waals surface area contributed by atoms with Crippen LogP contribution in [0.4, 0.5) is 11.4 Å². The molecule has 2 heterocycles. The molecular weight excluding hydrogens is 340 g/mol. The number of anilines is 2. The van der Waals surface area contributed by atoms with Crippen LogP contribution in [-0.4, -0.2) is 28.1 Å². The second kappa shape index (κ2) is 6.72. The van der Waals surface area contributed by atoms with E-state index in [4.69, 9.17) is 11.6 Å². The Bertz CT molecular complexity index is 839. The number of aromatic nitrogens is 2. The molecule has 0 N–H and O–H groups in total. The predicted molar refractivity (Wildman–Crippen MR) is 97.8 cm³/mol. The number of fused-ring (bicyclic) bond motifs is 1. The van der Waals surface area contributed by atoms with Crippen LogP contribution in [0.25, 0.3) is 0 Å². The van der Waals surface area contributed by atoms with Gasteiger partial charge in [0.15, 0.2) is 0 Å². The molecule has 0 saturated heterocycles. The van der Waals surface area contributed by atoms with Crippen LogP contribution >= 0.6 is 11.6 Å². The fourth-order valence-electron chi connectivity index (χ4n) is 3.05. The summed E-state index contributed by atoms with van der Waals surface area (Å²) in [6.07, 6.45) is 3.60. The lowest BCUT2D eigenvalue weighted by Crippen LogP contribution is -2.30. The largest absolute Gasteiger partial charge is 0.312 e. The van der Waals surface area contributed by atoms with Gasteiger partial charge in [-0.2, -0.15) is 5.10 Å². The summed E-state index contributed by atoms with van der Waals surface area (Å²) in [6, 6.07) is 5.67. The quantitative estimate of drug-likeness (QED) is 0.789. The van der Waals surface area contributed by atoms with Gasteiger partial charge in [0.2, 0.25) is 5.91 Å². The lowest BCUT2D eigenvalue weighted by molar-refractivity contribution is -0.116. The SMILES string of the molecule is C=CC(=O)N(Cc1c(Cl)cnn1C)c1ccc2c(c1)CCN2C(C)=O. The number of hydrogen-bond donors (Lipinski definition) is 0. The average Bonchev–Trinajstić information content (AvgIpc) is 3.15. The van der Waals surface area contributed by atoms with Crippen molar-refractivity contribution >= 4 is 34.8 Å². The molecular formula is C18H19ClN4O2. The van der Waals surface area contributed by atoms with Crippen LogP contribution in [0.5, 0.6) is 0 Å². The number of aryl methyl sites for hydroxylation is 1. The van der Waals surface area contributed by atoms with Gasteiger partial charge in [-0.3, -0.25) is 14.3 Å². The van der Waals surface area contributed by atoms with Crippen molar-refractivity contribution in [3.05, 3.63) is 53.3 Å². The Balaban J connectivity index is 1.97. The first-order valence-electron chi connectivity index (χ1n) is 7.93. The summed E-state index contributed by atoms with van der Waals surface area (Å²) in [7, 11) is 1.78. The van der Waals surface area contributed by atoms with Crippen molar-refractivity contribution in [1.29, 1.82) is 0 Å². The Kier molecular flexibility index (Phi) is 4.63. The van der Waals surface area contributed by atoms with Crippen molar-refractivity contribution in [2.75, 3.05) is 16.3 Å². The molecule has 0 atom stereocenters. The fraction of sp³-hybridized carbons (Fsp3) is 0.278. The van der Waals surface area contributed by atoms with E-state index < -0.39 is 0 Å². The summed E-state index contributed by atoms with van der Waals surface area (Å²) in [6.45, 7) is 6.10. The zero-order valence-corrected chi connectivity index (χ0v) is 15.0. The maximum atomic E-state index is 12.4. The van der Waals surface area contributed by atoms with Gasteiger partial charge in [0, 0.05) is 31.9 Å². The van der Waals surface area contributed by atoms with Crippen molar-refractivity contribution < 1.29 is 9.59 Å². The number of benzene rings is 1. The molecule has 0 radical (unpaired) electrons. The standard InChI is InChI=1S/C18H19ClN4O2/c1-4-18(25)23(11-17-15(19)10-20-21(17)3)14-5-6-16-13(9-14)7-8-22(16)12(2)24/h4-6,9-10H,1,7-8,11H2,2-3H3. The van der Waals surface area contributed by atoms with Crippen molar-refractivity contribution in [2.45, 2.75) is 19.9 Å². The van der Waals surface area contributed by atoms with Crippen LogP contribution in [0, 0.1) is 0 Å². The predicted octanol–water partition coefficient (Wildman–Crippen LogP) is 2.70. The Labute approximate surface area is 151 Å². The van der Waals surface area contributed by atoms with Gasteiger partial charge in [-0.1, -0.05) is 18.2 Å². The van der Waals surface area contributed by atoms with E-state index in [0.717, 1.165) is 29.1 Å². The van der Waals surface area contributed by atoms with Gasteiger partial charge >= 0.3 is 0 Å². The summed E-state index contributed by atoms with van der Waals surface area (Å²) < 4.78 is 1.65. The van der Waals surface area contributed by atoms with E-state index in [1.54, 1.807) is 34.6 Å². The lowest BCUT2D eigenvalue weighted by Gasteiger charge is -2.23. The van der Waals surface area contributed by atoms with Crippen LogP contribution in [-0.2, 0) is 29.6 Å². The Morgan fingerprint density at radius 3 is 2.80 bits per heavy atom. The summed E-state index contributed by atoms with van der Waals surface area (Å²) in [5, 5.41) is 4.62. The summed E-state index contributed by atoms with van der Waals surface area (Å²) in [5.41, 5.74) is 3.43. The molecule has 2 aromatic rings. The highest BCUT2D eigenvalue weighted by Gasteiger charge is 2.24. The van der Waals surface area contributed by atoms with Crippen LogP contribution in [0.3, 0.4) is 0 Å².